The number of aryl methyl sites for hydroxylation is 1. The molecule has 0 saturated heterocycles. The van der Waals surface area contributed by atoms with E-state index in [2.05, 4.69) is 15.4 Å². The number of benzene rings is 2. The van der Waals surface area contributed by atoms with Crippen LogP contribution in [0.4, 0.5) is 10.2 Å². The van der Waals surface area contributed by atoms with Crippen molar-refractivity contribution in [3.8, 4) is 5.13 Å². The van der Waals surface area contributed by atoms with Gasteiger partial charge in [0.25, 0.3) is 0 Å². The van der Waals surface area contributed by atoms with E-state index >= 15 is 0 Å². The molecule has 4 aromatic rings. The quantitative estimate of drug-likeness (QED) is 0.500. The highest BCUT2D eigenvalue weighted by molar-refractivity contribution is 7.20. The predicted octanol–water partition coefficient (Wildman–Crippen LogP) is 5.06. The summed E-state index contributed by atoms with van der Waals surface area (Å²) in [5.74, 6) is -0.496. The lowest BCUT2D eigenvalue weighted by atomic mass is 9.85. The second-order valence-electron chi connectivity index (χ2n) is 6.69. The molecule has 0 unspecified atom stereocenters. The molecule has 140 valence electrons. The van der Waals surface area contributed by atoms with Crippen LogP contribution >= 0.6 is 22.9 Å². The Hall–Kier alpha value is -2.77. The monoisotopic (exact) mass is 412 g/mol. The fourth-order valence-corrected chi connectivity index (χ4v) is 4.79. The summed E-state index contributed by atoms with van der Waals surface area (Å²) in [5.41, 5.74) is 2.78. The standard InChI is InChI=1S/C20H14ClFN4OS/c1-10-18-13(12-8-11(21)6-7-14(12)22)9-17(27)24-19(18)26(25-10)20-23-15-4-2-3-5-16(15)28-20/h2-8,13H,9H2,1H3,(H,24,27)/t13-/m1/s1. The molecule has 0 bridgehead atoms. The molecule has 2 aromatic carbocycles. The van der Waals surface area contributed by atoms with Gasteiger partial charge < -0.3 is 5.32 Å². The van der Waals surface area contributed by atoms with Crippen molar-refractivity contribution in [2.75, 3.05) is 5.32 Å². The SMILES string of the molecule is Cc1nn(-c2nc3ccccc3s2)c2c1[C@@H](c1cc(Cl)ccc1F)CC(=O)N2. The number of para-hydroxylation sites is 1. The number of fused-ring (bicyclic) bond motifs is 2. The van der Waals surface area contributed by atoms with Crippen molar-refractivity contribution in [1.29, 1.82) is 0 Å². The first kappa shape index (κ1) is 17.3. The Morgan fingerprint density at radius 3 is 2.93 bits per heavy atom. The second-order valence-corrected chi connectivity index (χ2v) is 8.14. The molecular weight excluding hydrogens is 399 g/mol. The molecular formula is C20H14ClFN4OS. The lowest BCUT2D eigenvalue weighted by molar-refractivity contribution is -0.116. The maximum Gasteiger partial charge on any atom is 0.226 e. The van der Waals surface area contributed by atoms with Crippen LogP contribution in [0.1, 0.15) is 29.2 Å². The zero-order chi connectivity index (χ0) is 19.4. The molecule has 1 atom stereocenters. The molecule has 0 spiro atoms. The van der Waals surface area contributed by atoms with Crippen LogP contribution in [0.5, 0.6) is 0 Å². The summed E-state index contributed by atoms with van der Waals surface area (Å²) < 4.78 is 17.2. The van der Waals surface area contributed by atoms with Crippen LogP contribution in [-0.4, -0.2) is 20.7 Å². The van der Waals surface area contributed by atoms with Gasteiger partial charge in [-0.05, 0) is 42.8 Å². The van der Waals surface area contributed by atoms with Crippen molar-refractivity contribution in [3.63, 3.8) is 0 Å². The fourth-order valence-electron chi connectivity index (χ4n) is 3.68. The van der Waals surface area contributed by atoms with Gasteiger partial charge in [0.2, 0.25) is 11.0 Å². The summed E-state index contributed by atoms with van der Waals surface area (Å²) in [4.78, 5) is 17.1. The number of amides is 1. The van der Waals surface area contributed by atoms with Gasteiger partial charge in [-0.3, -0.25) is 4.79 Å². The van der Waals surface area contributed by atoms with E-state index in [1.54, 1.807) is 10.7 Å². The lowest BCUT2D eigenvalue weighted by Crippen LogP contribution is -2.25. The highest BCUT2D eigenvalue weighted by Gasteiger charge is 2.34. The molecule has 3 heterocycles. The first-order chi connectivity index (χ1) is 13.5. The molecule has 0 saturated carbocycles. The molecule has 28 heavy (non-hydrogen) atoms. The number of thiazole rings is 1. The zero-order valence-corrected chi connectivity index (χ0v) is 16.3. The van der Waals surface area contributed by atoms with E-state index in [-0.39, 0.29) is 18.1 Å². The normalized spacial score (nSPS) is 16.2. The van der Waals surface area contributed by atoms with Crippen molar-refractivity contribution in [1.82, 2.24) is 14.8 Å². The minimum absolute atomic E-state index is 0.136. The molecule has 1 N–H and O–H groups in total. The fraction of sp³-hybridized carbons (Fsp3) is 0.150. The molecule has 0 radical (unpaired) electrons. The number of carbonyl (C=O) groups is 1. The summed E-state index contributed by atoms with van der Waals surface area (Å²) in [6.07, 6.45) is 0.136. The molecule has 2 aromatic heterocycles. The van der Waals surface area contributed by atoms with Crippen molar-refractivity contribution in [2.24, 2.45) is 0 Å². The molecule has 5 rings (SSSR count). The molecule has 1 amide bonds. The Labute approximate surface area is 168 Å². The summed E-state index contributed by atoms with van der Waals surface area (Å²) in [7, 11) is 0. The second kappa shape index (κ2) is 6.39. The third kappa shape index (κ3) is 2.70. The number of anilines is 1. The molecule has 0 fully saturated rings. The van der Waals surface area contributed by atoms with Gasteiger partial charge in [-0.15, -0.1) is 0 Å². The van der Waals surface area contributed by atoms with Gasteiger partial charge in [0.05, 0.1) is 15.9 Å². The first-order valence-electron chi connectivity index (χ1n) is 8.71. The minimum atomic E-state index is -0.453. The van der Waals surface area contributed by atoms with E-state index in [0.29, 0.717) is 21.5 Å². The minimum Gasteiger partial charge on any atom is -0.310 e. The van der Waals surface area contributed by atoms with Crippen LogP contribution in [0, 0.1) is 12.7 Å². The molecule has 8 heteroatoms. The maximum atomic E-state index is 14.5. The van der Waals surface area contributed by atoms with Crippen LogP contribution in [0.15, 0.2) is 42.5 Å². The molecule has 5 nitrogen and oxygen atoms in total. The molecule has 0 aliphatic carbocycles. The number of aromatic nitrogens is 3. The third-order valence-corrected chi connectivity index (χ3v) is 6.15. The number of nitrogens with one attached hydrogen (secondary N) is 1. The van der Waals surface area contributed by atoms with Gasteiger partial charge >= 0.3 is 0 Å². The third-order valence-electron chi connectivity index (χ3n) is 4.90. The van der Waals surface area contributed by atoms with Gasteiger partial charge in [0, 0.05) is 22.9 Å². The number of carbonyl (C=O) groups excluding carboxylic acids is 1. The average Bonchev–Trinajstić information content (AvgIpc) is 3.24. The number of rotatable bonds is 2. The average molecular weight is 413 g/mol. The number of hydrogen-bond acceptors (Lipinski definition) is 4. The highest BCUT2D eigenvalue weighted by atomic mass is 35.5. The van der Waals surface area contributed by atoms with Gasteiger partial charge in [0.1, 0.15) is 11.6 Å². The largest absolute Gasteiger partial charge is 0.310 e. The van der Waals surface area contributed by atoms with Gasteiger partial charge in [-0.1, -0.05) is 35.1 Å². The van der Waals surface area contributed by atoms with Crippen molar-refractivity contribution in [3.05, 3.63) is 70.1 Å². The lowest BCUT2D eigenvalue weighted by Gasteiger charge is -2.24. The van der Waals surface area contributed by atoms with Crippen LogP contribution in [0.2, 0.25) is 5.02 Å². The Morgan fingerprint density at radius 2 is 2.11 bits per heavy atom. The Bertz CT molecular complexity index is 1220. The van der Waals surface area contributed by atoms with Gasteiger partial charge in [-0.25, -0.2) is 9.37 Å². The Balaban J connectivity index is 1.70. The van der Waals surface area contributed by atoms with E-state index in [9.17, 15) is 9.18 Å². The van der Waals surface area contributed by atoms with E-state index in [4.69, 9.17) is 11.6 Å². The van der Waals surface area contributed by atoms with E-state index in [0.717, 1.165) is 21.5 Å². The maximum absolute atomic E-state index is 14.5. The van der Waals surface area contributed by atoms with E-state index in [1.807, 2.05) is 31.2 Å². The summed E-state index contributed by atoms with van der Waals surface area (Å²) in [6, 6.07) is 12.2. The Kier molecular flexibility index (Phi) is 3.96. The van der Waals surface area contributed by atoms with Crippen molar-refractivity contribution < 1.29 is 9.18 Å². The van der Waals surface area contributed by atoms with E-state index < -0.39 is 5.92 Å². The molecule has 1 aliphatic heterocycles. The summed E-state index contributed by atoms with van der Waals surface area (Å²) in [6.45, 7) is 1.86. The van der Waals surface area contributed by atoms with Crippen LogP contribution in [0.25, 0.3) is 15.3 Å². The topological polar surface area (TPSA) is 59.8 Å². The highest BCUT2D eigenvalue weighted by Crippen LogP contribution is 2.42. The zero-order valence-electron chi connectivity index (χ0n) is 14.7. The number of nitrogens with zero attached hydrogens (tertiary/aromatic N) is 3. The van der Waals surface area contributed by atoms with Crippen LogP contribution in [0.3, 0.4) is 0 Å². The smallest absolute Gasteiger partial charge is 0.226 e. The van der Waals surface area contributed by atoms with Crippen molar-refractivity contribution >= 4 is 44.9 Å². The number of halogens is 2. The van der Waals surface area contributed by atoms with E-state index in [1.165, 1.54) is 23.5 Å². The summed E-state index contributed by atoms with van der Waals surface area (Å²) >= 11 is 7.57. The summed E-state index contributed by atoms with van der Waals surface area (Å²) in [5, 5.41) is 8.59. The van der Waals surface area contributed by atoms with Crippen LogP contribution in [-0.2, 0) is 4.79 Å². The van der Waals surface area contributed by atoms with Crippen LogP contribution < -0.4 is 5.32 Å². The van der Waals surface area contributed by atoms with Gasteiger partial charge in [0.15, 0.2) is 0 Å². The first-order valence-corrected chi connectivity index (χ1v) is 9.91. The van der Waals surface area contributed by atoms with Crippen molar-refractivity contribution in [2.45, 2.75) is 19.3 Å². The van der Waals surface area contributed by atoms with Gasteiger partial charge in [-0.2, -0.15) is 9.78 Å². The number of hydrogen-bond donors (Lipinski definition) is 1. The Morgan fingerprint density at radius 1 is 1.29 bits per heavy atom. The predicted molar refractivity (Wildman–Crippen MR) is 108 cm³/mol. The molecule has 1 aliphatic rings.